The number of rotatable bonds is 2. The van der Waals surface area contributed by atoms with Gasteiger partial charge in [0, 0.05) is 36.1 Å². The van der Waals surface area contributed by atoms with E-state index in [1.165, 1.54) is 49.9 Å². The molecule has 2 unspecified atom stereocenters. The van der Waals surface area contributed by atoms with E-state index in [-0.39, 0.29) is 11.1 Å². The van der Waals surface area contributed by atoms with Gasteiger partial charge >= 0.3 is 0 Å². The van der Waals surface area contributed by atoms with Gasteiger partial charge < -0.3 is 0 Å². The van der Waals surface area contributed by atoms with Gasteiger partial charge in [0.25, 0.3) is 0 Å². The van der Waals surface area contributed by atoms with Gasteiger partial charge in [-0.05, 0) is 86.5 Å². The van der Waals surface area contributed by atoms with Gasteiger partial charge in [0.05, 0.1) is 11.4 Å². The highest BCUT2D eigenvalue weighted by molar-refractivity contribution is 5.38. The van der Waals surface area contributed by atoms with Crippen LogP contribution in [0, 0.1) is 47.3 Å². The van der Waals surface area contributed by atoms with Gasteiger partial charge in [0.1, 0.15) is 11.1 Å². The molecule has 2 aromatic heterocycles. The number of aromatic nitrogens is 2. The molecule has 0 amide bonds. The third-order valence-corrected chi connectivity index (χ3v) is 10.4. The van der Waals surface area contributed by atoms with Crippen LogP contribution in [0.2, 0.25) is 0 Å². The van der Waals surface area contributed by atoms with E-state index in [2.05, 4.69) is 36.4 Å². The van der Waals surface area contributed by atoms with E-state index in [1.807, 2.05) is 12.4 Å². The summed E-state index contributed by atoms with van der Waals surface area (Å²) in [6.45, 7) is 0. The van der Waals surface area contributed by atoms with E-state index in [1.54, 1.807) is 0 Å². The molecule has 30 heavy (non-hydrogen) atoms. The van der Waals surface area contributed by atoms with Crippen molar-refractivity contribution in [2.75, 3.05) is 0 Å². The Kier molecular flexibility index (Phi) is 2.97. The number of hydrogen-bond donors (Lipinski definition) is 0. The summed E-state index contributed by atoms with van der Waals surface area (Å²) in [5, 5.41) is 10.8. The van der Waals surface area contributed by atoms with E-state index in [4.69, 9.17) is 20.2 Å². The highest BCUT2D eigenvalue weighted by Gasteiger charge is 2.80. The van der Waals surface area contributed by atoms with E-state index in [0.29, 0.717) is 23.7 Å². The predicted molar refractivity (Wildman–Crippen MR) is 112 cm³/mol. The third kappa shape index (κ3) is 1.64. The van der Waals surface area contributed by atoms with Crippen LogP contribution in [0.4, 0.5) is 0 Å². The summed E-state index contributed by atoms with van der Waals surface area (Å²) in [6.07, 6.45) is 12.2. The minimum absolute atomic E-state index is 0.188. The molecule has 5 fully saturated rings. The van der Waals surface area contributed by atoms with Gasteiger partial charge in [-0.3, -0.25) is 9.97 Å². The minimum Gasteiger partial charge on any atom is -0.259 e. The number of hydrogen-bond acceptors (Lipinski definition) is 4. The Balaban J connectivity index is 1.46. The molecule has 0 N–H and O–H groups in total. The quantitative estimate of drug-likeness (QED) is 0.685. The lowest BCUT2D eigenvalue weighted by atomic mass is 9.43. The van der Waals surface area contributed by atoms with Gasteiger partial charge in [0.15, 0.2) is 0 Å². The SMILES string of the molecule is c1ccc(C23N=NC(c4ccccn4)([C@@H]4[C@H]5CC[C@H](C5)[C@@H]42)[C@H]2[C@@H]4CC[C@@H](C4)[C@H]23)nc1. The van der Waals surface area contributed by atoms with Crippen LogP contribution in [0.15, 0.2) is 59.0 Å². The summed E-state index contributed by atoms with van der Waals surface area (Å²) in [5.74, 6) is 5.48. The number of azo groups is 1. The first-order valence-corrected chi connectivity index (χ1v) is 12.1. The van der Waals surface area contributed by atoms with Crippen molar-refractivity contribution >= 4 is 0 Å². The summed E-state index contributed by atoms with van der Waals surface area (Å²) in [6, 6.07) is 13.0. The molecule has 4 nitrogen and oxygen atoms in total. The number of fused-ring (bicyclic) bond motifs is 4. The third-order valence-electron chi connectivity index (χ3n) is 10.4. The van der Waals surface area contributed by atoms with Crippen molar-refractivity contribution in [2.24, 2.45) is 57.6 Å². The Bertz CT molecular complexity index is 918. The second kappa shape index (κ2) is 5.38. The Morgan fingerprint density at radius 2 is 0.967 bits per heavy atom. The van der Waals surface area contributed by atoms with Crippen molar-refractivity contribution in [1.29, 1.82) is 0 Å². The van der Waals surface area contributed by atoms with Gasteiger partial charge in [-0.2, -0.15) is 10.2 Å². The van der Waals surface area contributed by atoms with Crippen molar-refractivity contribution in [3.05, 3.63) is 60.2 Å². The van der Waals surface area contributed by atoms with Crippen LogP contribution >= 0.6 is 0 Å². The summed E-state index contributed by atoms with van der Waals surface area (Å²) < 4.78 is 0. The average molecular weight is 397 g/mol. The van der Waals surface area contributed by atoms with E-state index in [0.717, 1.165) is 23.7 Å². The van der Waals surface area contributed by atoms with E-state index in [9.17, 15) is 0 Å². The highest BCUT2D eigenvalue weighted by Crippen LogP contribution is 2.80. The first-order valence-electron chi connectivity index (χ1n) is 12.1. The Morgan fingerprint density at radius 3 is 1.30 bits per heavy atom. The molecule has 0 spiro atoms. The Labute approximate surface area is 177 Å². The fourth-order valence-corrected chi connectivity index (χ4v) is 9.98. The summed E-state index contributed by atoms with van der Waals surface area (Å²) in [5.41, 5.74) is 2.06. The van der Waals surface area contributed by atoms with Crippen molar-refractivity contribution in [2.45, 2.75) is 49.6 Å². The van der Waals surface area contributed by atoms with Crippen molar-refractivity contribution in [1.82, 2.24) is 9.97 Å². The molecule has 5 saturated carbocycles. The average Bonchev–Trinajstić information content (AvgIpc) is 3.62. The monoisotopic (exact) mass is 396 g/mol. The first kappa shape index (κ1) is 16.6. The highest BCUT2D eigenvalue weighted by atomic mass is 15.3. The molecule has 2 aromatic rings. The molecule has 10 atom stereocenters. The molecule has 4 heteroatoms. The second-order valence-electron chi connectivity index (χ2n) is 11.1. The summed E-state index contributed by atoms with van der Waals surface area (Å²) >= 11 is 0. The maximum Gasteiger partial charge on any atom is 0.130 e. The molecular formula is C26H28N4. The van der Waals surface area contributed by atoms with Gasteiger partial charge in [-0.1, -0.05) is 12.1 Å². The fourth-order valence-electron chi connectivity index (χ4n) is 9.98. The van der Waals surface area contributed by atoms with Crippen molar-refractivity contribution in [3.8, 4) is 0 Å². The number of pyridine rings is 2. The molecule has 7 aliphatic rings. The molecule has 4 heterocycles. The summed E-state index contributed by atoms with van der Waals surface area (Å²) in [7, 11) is 0. The van der Waals surface area contributed by atoms with Crippen LogP contribution in [-0.4, -0.2) is 9.97 Å². The zero-order valence-electron chi connectivity index (χ0n) is 17.3. The minimum atomic E-state index is -0.188. The van der Waals surface area contributed by atoms with Crippen molar-refractivity contribution in [3.63, 3.8) is 0 Å². The second-order valence-corrected chi connectivity index (χ2v) is 11.1. The van der Waals surface area contributed by atoms with Crippen LogP contribution in [-0.2, 0) is 11.1 Å². The van der Waals surface area contributed by atoms with Gasteiger partial charge in [-0.25, -0.2) is 0 Å². The topological polar surface area (TPSA) is 50.5 Å². The maximum absolute atomic E-state index is 5.39. The molecule has 9 rings (SSSR count). The smallest absolute Gasteiger partial charge is 0.130 e. The van der Waals surface area contributed by atoms with Crippen LogP contribution in [0.1, 0.15) is 49.9 Å². The molecule has 152 valence electrons. The molecule has 5 aliphatic carbocycles. The van der Waals surface area contributed by atoms with Crippen LogP contribution in [0.25, 0.3) is 0 Å². The Hall–Kier alpha value is -2.10. The van der Waals surface area contributed by atoms with E-state index < -0.39 is 0 Å². The molecular weight excluding hydrogens is 368 g/mol. The van der Waals surface area contributed by atoms with Gasteiger partial charge in [-0.15, -0.1) is 0 Å². The fraction of sp³-hybridized carbons (Fsp3) is 0.615. The maximum atomic E-state index is 5.39. The van der Waals surface area contributed by atoms with E-state index >= 15 is 0 Å². The van der Waals surface area contributed by atoms with Crippen LogP contribution in [0.3, 0.4) is 0 Å². The lowest BCUT2D eigenvalue weighted by Crippen LogP contribution is -2.67. The Morgan fingerprint density at radius 1 is 0.567 bits per heavy atom. The lowest BCUT2D eigenvalue weighted by Gasteiger charge is -2.65. The standard InChI is InChI=1S/C26H28N4/c1-3-11-27-19(5-1)25-21-15-7-9-17(13-15)23(21)26(30-29-25,20-6-2-4-12-28-20)24-18-10-8-16(14-18)22(24)25/h1-6,11-12,15-18,21-24H,7-10,13-14H2/t15-,16+,17+,18-,21+,22-,23-,24+,25?,26?. The predicted octanol–water partition coefficient (Wildman–Crippen LogP) is 5.37. The summed E-state index contributed by atoms with van der Waals surface area (Å²) in [4.78, 5) is 9.97. The lowest BCUT2D eigenvalue weighted by molar-refractivity contribution is -0.144. The first-order chi connectivity index (χ1) is 14.8. The van der Waals surface area contributed by atoms with Crippen LogP contribution < -0.4 is 0 Å². The number of nitrogens with zero attached hydrogens (tertiary/aromatic N) is 4. The molecule has 0 aromatic carbocycles. The van der Waals surface area contributed by atoms with Crippen LogP contribution in [0.5, 0.6) is 0 Å². The zero-order valence-corrected chi connectivity index (χ0v) is 17.3. The molecule has 0 radical (unpaired) electrons. The largest absolute Gasteiger partial charge is 0.259 e. The van der Waals surface area contributed by atoms with Crippen molar-refractivity contribution < 1.29 is 0 Å². The molecule has 2 aliphatic heterocycles. The zero-order chi connectivity index (χ0) is 19.5. The normalized spacial score (nSPS) is 51.3. The molecule has 0 saturated heterocycles. The van der Waals surface area contributed by atoms with Gasteiger partial charge in [0.2, 0.25) is 0 Å². The molecule has 6 bridgehead atoms.